The summed E-state index contributed by atoms with van der Waals surface area (Å²) in [6, 6.07) is 0. The van der Waals surface area contributed by atoms with Crippen LogP contribution in [-0.2, 0) is 76.2 Å². The molecule has 16 heteroatoms. The largest absolute Gasteiger partial charge is 0.463 e. The van der Waals surface area contributed by atoms with E-state index in [1.165, 1.54) is 41.5 Å². The smallest absolute Gasteiger partial charge is 0.303 e. The molecule has 0 bridgehead atoms. The number of hydrogen-bond acceptors (Lipinski definition) is 16. The van der Waals surface area contributed by atoms with Crippen molar-refractivity contribution < 1.29 is 76.2 Å². The number of allylic oxidation sites excluding steroid dienone is 2. The number of carbonyl (C=O) groups is 7. The Morgan fingerprint density at radius 2 is 1.52 bits per heavy atom. The fourth-order valence-corrected chi connectivity index (χ4v) is 13.3. The van der Waals surface area contributed by atoms with Gasteiger partial charge in [-0.2, -0.15) is 0 Å². The Bertz CT molecular complexity index is 1960. The van der Waals surface area contributed by atoms with Gasteiger partial charge in [-0.05, 0) is 90.1 Å². The van der Waals surface area contributed by atoms with Crippen molar-refractivity contribution in [2.45, 2.75) is 163 Å². The van der Waals surface area contributed by atoms with Crippen molar-refractivity contribution in [3.8, 4) is 0 Å². The second kappa shape index (κ2) is 16.8. The Balaban J connectivity index is 1.06. The number of carbonyl (C=O) groups excluding carboxylic acids is 7. The van der Waals surface area contributed by atoms with Gasteiger partial charge in [0.25, 0.3) is 5.97 Å². The number of ether oxygens (including phenoxy) is 9. The highest BCUT2D eigenvalue weighted by Gasteiger charge is 2.81. The molecule has 17 unspecified atom stereocenters. The first-order valence-corrected chi connectivity index (χ1v) is 22.3. The minimum atomic E-state index is -1.82. The van der Waals surface area contributed by atoms with E-state index in [1.807, 2.05) is 6.08 Å². The highest BCUT2D eigenvalue weighted by molar-refractivity contribution is 5.99. The molecule has 2 saturated heterocycles. The molecule has 17 atom stereocenters. The predicted octanol–water partition coefficient (Wildman–Crippen LogP) is 5.26. The van der Waals surface area contributed by atoms with Crippen molar-refractivity contribution in [3.05, 3.63) is 24.3 Å². The van der Waals surface area contributed by atoms with Gasteiger partial charge in [0.2, 0.25) is 0 Å². The molecule has 7 aliphatic rings. The number of ketones is 2. The lowest BCUT2D eigenvalue weighted by molar-refractivity contribution is -0.346. The van der Waals surface area contributed by atoms with Crippen molar-refractivity contribution in [3.63, 3.8) is 0 Å². The minimum absolute atomic E-state index is 0.00446. The van der Waals surface area contributed by atoms with Gasteiger partial charge in [-0.1, -0.05) is 40.3 Å². The highest BCUT2D eigenvalue weighted by atomic mass is 16.9. The molecule has 0 aromatic carbocycles. The summed E-state index contributed by atoms with van der Waals surface area (Å²) in [7, 11) is 0. The quantitative estimate of drug-likeness (QED) is 0.124. The van der Waals surface area contributed by atoms with Crippen LogP contribution in [0.1, 0.15) is 114 Å². The predicted molar refractivity (Wildman–Crippen MR) is 218 cm³/mol. The average molecular weight is 885 g/mol. The molecule has 6 fully saturated rings. The normalized spacial score (nSPS) is 42.7. The monoisotopic (exact) mass is 884 g/mol. The molecule has 2 spiro atoms. The summed E-state index contributed by atoms with van der Waals surface area (Å²) in [6.07, 6.45) is 1.85. The van der Waals surface area contributed by atoms with Crippen LogP contribution in [0.25, 0.3) is 0 Å². The third kappa shape index (κ3) is 8.09. The highest BCUT2D eigenvalue weighted by Crippen LogP contribution is 2.87. The second-order valence-corrected chi connectivity index (χ2v) is 19.9. The van der Waals surface area contributed by atoms with Gasteiger partial charge in [0, 0.05) is 59.3 Å². The van der Waals surface area contributed by atoms with Crippen LogP contribution in [-0.4, -0.2) is 104 Å². The van der Waals surface area contributed by atoms with Crippen LogP contribution < -0.4 is 0 Å². The standard InChI is InChI=1S/C47H64O16/c1-23(20-56-45(11)62-41-40(60-30(8)52)39(59-29(7)51)36(21-55-26(4)48)61-42(41)63-45)24(2)38(54)34(57-27(5)49)18-32-35(58-28(6)50)19-44(10)37-13-12-31-25(3)33(53)14-15-46(31)22-47(37,46)17-16-43(32,44)9/h14-15,23,25,31-32,34-37,39-42H,2,12-13,16-22H2,1,3-11H3. The molecule has 0 amide bonds. The van der Waals surface area contributed by atoms with Crippen LogP contribution in [0.3, 0.4) is 0 Å². The summed E-state index contributed by atoms with van der Waals surface area (Å²) >= 11 is 0. The van der Waals surface area contributed by atoms with Gasteiger partial charge < -0.3 is 37.9 Å². The second-order valence-electron chi connectivity index (χ2n) is 19.9. The van der Waals surface area contributed by atoms with E-state index in [0.717, 1.165) is 32.1 Å². The molecular formula is C47H64O16. The van der Waals surface area contributed by atoms with Crippen molar-refractivity contribution in [2.75, 3.05) is 13.2 Å². The average Bonchev–Trinajstić information content (AvgIpc) is 3.66. The van der Waals surface area contributed by atoms with Crippen LogP contribution in [0.15, 0.2) is 24.3 Å². The first kappa shape index (κ1) is 47.0. The summed E-state index contributed by atoms with van der Waals surface area (Å²) in [5.41, 5.74) is -0.473. The Morgan fingerprint density at radius 1 is 0.857 bits per heavy atom. The fourth-order valence-electron chi connectivity index (χ4n) is 13.3. The first-order valence-electron chi connectivity index (χ1n) is 22.3. The maximum Gasteiger partial charge on any atom is 0.303 e. The number of esters is 5. The van der Waals surface area contributed by atoms with Crippen molar-refractivity contribution >= 4 is 41.4 Å². The van der Waals surface area contributed by atoms with Gasteiger partial charge in [0.15, 0.2) is 42.3 Å². The van der Waals surface area contributed by atoms with E-state index < -0.39 is 90.4 Å². The zero-order valence-corrected chi connectivity index (χ0v) is 38.2. The van der Waals surface area contributed by atoms with E-state index in [0.29, 0.717) is 18.3 Å². The molecule has 7 rings (SSSR count). The van der Waals surface area contributed by atoms with E-state index in [4.69, 9.17) is 42.6 Å². The summed E-state index contributed by atoms with van der Waals surface area (Å²) in [4.78, 5) is 88.7. The van der Waals surface area contributed by atoms with Gasteiger partial charge >= 0.3 is 29.8 Å². The maximum atomic E-state index is 14.5. The molecule has 5 aliphatic carbocycles. The van der Waals surface area contributed by atoms with Crippen molar-refractivity contribution in [1.82, 2.24) is 0 Å². The SMILES string of the molecule is C=C(C(=O)C(CC1C(OC(C)=O)CC2(C)C3CCC4C(C)C(=O)C=CC45CC35CCC12C)OC(C)=O)C(C)COC1(C)OC2OC(COC(C)=O)C(OC(C)=O)C(OC(C)=O)C2O1. The summed E-state index contributed by atoms with van der Waals surface area (Å²) in [5, 5.41) is 0. The fraction of sp³-hybridized carbons (Fsp3) is 0.766. The Kier molecular flexibility index (Phi) is 12.5. The number of Topliss-reactive ketones (excluding diaryl/α,β-unsaturated/α-hetero) is 1. The molecule has 0 radical (unpaired) electrons. The van der Waals surface area contributed by atoms with Gasteiger partial charge in [-0.3, -0.25) is 38.3 Å². The van der Waals surface area contributed by atoms with Crippen LogP contribution in [0.5, 0.6) is 0 Å². The van der Waals surface area contributed by atoms with Crippen molar-refractivity contribution in [1.29, 1.82) is 0 Å². The molecule has 2 aliphatic heterocycles. The van der Waals surface area contributed by atoms with Gasteiger partial charge in [-0.15, -0.1) is 0 Å². The van der Waals surface area contributed by atoms with Crippen LogP contribution >= 0.6 is 0 Å². The van der Waals surface area contributed by atoms with E-state index >= 15 is 0 Å². The Labute approximate surface area is 368 Å². The van der Waals surface area contributed by atoms with Gasteiger partial charge in [0.05, 0.1) is 6.61 Å². The molecule has 0 aromatic heterocycles. The van der Waals surface area contributed by atoms with Crippen LogP contribution in [0.4, 0.5) is 0 Å². The lowest BCUT2D eigenvalue weighted by Gasteiger charge is -2.60. The van der Waals surface area contributed by atoms with E-state index in [1.54, 1.807) is 6.92 Å². The van der Waals surface area contributed by atoms with Gasteiger partial charge in [-0.25, -0.2) is 0 Å². The Morgan fingerprint density at radius 3 is 2.16 bits per heavy atom. The van der Waals surface area contributed by atoms with E-state index in [-0.39, 0.29) is 64.5 Å². The molecule has 63 heavy (non-hydrogen) atoms. The lowest BCUT2D eigenvalue weighted by atomic mass is 9.43. The van der Waals surface area contributed by atoms with Crippen LogP contribution in [0.2, 0.25) is 0 Å². The molecule has 2 heterocycles. The van der Waals surface area contributed by atoms with Crippen LogP contribution in [0, 0.1) is 51.2 Å². The molecular weight excluding hydrogens is 821 g/mol. The van der Waals surface area contributed by atoms with Crippen molar-refractivity contribution in [2.24, 2.45) is 51.2 Å². The summed E-state index contributed by atoms with van der Waals surface area (Å²) in [6.45, 7) is 19.6. The number of rotatable bonds is 14. The molecule has 4 saturated carbocycles. The third-order valence-corrected chi connectivity index (χ3v) is 16.4. The first-order chi connectivity index (χ1) is 29.4. The molecule has 0 N–H and O–H groups in total. The molecule has 0 aromatic rings. The summed E-state index contributed by atoms with van der Waals surface area (Å²) < 4.78 is 52.5. The lowest BCUT2D eigenvalue weighted by Crippen LogP contribution is -2.60. The minimum Gasteiger partial charge on any atom is -0.463 e. The van der Waals surface area contributed by atoms with E-state index in [9.17, 15) is 33.6 Å². The topological polar surface area (TPSA) is 203 Å². The maximum absolute atomic E-state index is 14.5. The zero-order chi connectivity index (χ0) is 46.2. The summed E-state index contributed by atoms with van der Waals surface area (Å²) in [5.74, 6) is -5.56. The number of hydrogen-bond donors (Lipinski definition) is 0. The number of fused-ring (bicyclic) bond motifs is 3. The molecule has 16 nitrogen and oxygen atoms in total. The third-order valence-electron chi connectivity index (χ3n) is 16.4. The molecule has 348 valence electrons. The van der Waals surface area contributed by atoms with Gasteiger partial charge in [0.1, 0.15) is 18.8 Å². The zero-order valence-electron chi connectivity index (χ0n) is 38.2. The van der Waals surface area contributed by atoms with E-state index in [2.05, 4.69) is 33.4 Å². The Hall–Kier alpha value is -3.99.